The van der Waals surface area contributed by atoms with Crippen molar-refractivity contribution in [3.05, 3.63) is 29.3 Å². The Bertz CT molecular complexity index is 419. The molecule has 0 aliphatic carbocycles. The van der Waals surface area contributed by atoms with Crippen LogP contribution < -0.4 is 5.32 Å². The van der Waals surface area contributed by atoms with Gasteiger partial charge in [-0.15, -0.1) is 0 Å². The molecule has 0 aliphatic rings. The van der Waals surface area contributed by atoms with E-state index in [1.165, 1.54) is 0 Å². The zero-order valence-corrected chi connectivity index (χ0v) is 9.43. The van der Waals surface area contributed by atoms with Gasteiger partial charge in [-0.05, 0) is 31.0 Å². The molecule has 92 valence electrons. The van der Waals surface area contributed by atoms with Gasteiger partial charge in [0.1, 0.15) is 0 Å². The molecule has 0 atom stereocenters. The Morgan fingerprint density at radius 3 is 2.65 bits per heavy atom. The van der Waals surface area contributed by atoms with Gasteiger partial charge in [0, 0.05) is 18.7 Å². The van der Waals surface area contributed by atoms with E-state index in [-0.39, 0.29) is 13.0 Å². The van der Waals surface area contributed by atoms with Crippen molar-refractivity contribution in [1.29, 1.82) is 5.26 Å². The van der Waals surface area contributed by atoms with Crippen LogP contribution in [-0.2, 0) is 0 Å². The van der Waals surface area contributed by atoms with Gasteiger partial charge in [-0.2, -0.15) is 18.4 Å². The van der Waals surface area contributed by atoms with Gasteiger partial charge < -0.3 is 5.32 Å². The van der Waals surface area contributed by atoms with Crippen LogP contribution in [0.1, 0.15) is 24.0 Å². The fourth-order valence-electron chi connectivity index (χ4n) is 1.39. The largest absolute Gasteiger partial charge is 0.389 e. The minimum atomic E-state index is -4.11. The Morgan fingerprint density at radius 1 is 1.35 bits per heavy atom. The Balaban J connectivity index is 2.49. The van der Waals surface area contributed by atoms with Crippen LogP contribution in [0.4, 0.5) is 18.9 Å². The van der Waals surface area contributed by atoms with E-state index in [0.717, 1.165) is 5.56 Å². The normalized spacial score (nSPS) is 11.0. The third-order valence-electron chi connectivity index (χ3n) is 2.32. The number of rotatable bonds is 4. The molecule has 1 aromatic carbocycles. The third-order valence-corrected chi connectivity index (χ3v) is 2.32. The lowest BCUT2D eigenvalue weighted by molar-refractivity contribution is -0.134. The van der Waals surface area contributed by atoms with Crippen LogP contribution in [-0.4, -0.2) is 12.7 Å². The lowest BCUT2D eigenvalue weighted by atomic mass is 10.1. The monoisotopic (exact) mass is 242 g/mol. The second kappa shape index (κ2) is 5.58. The maximum atomic E-state index is 11.9. The summed E-state index contributed by atoms with van der Waals surface area (Å²) in [6.45, 7) is 2.09. The first-order valence-corrected chi connectivity index (χ1v) is 5.24. The number of hydrogen-bond donors (Lipinski definition) is 1. The molecule has 0 fully saturated rings. The minimum absolute atomic E-state index is 0.0275. The molecule has 1 rings (SSSR count). The van der Waals surface area contributed by atoms with Gasteiger partial charge in [0.15, 0.2) is 0 Å². The zero-order chi connectivity index (χ0) is 12.9. The predicted molar refractivity (Wildman–Crippen MR) is 59.7 cm³/mol. The molecule has 0 aliphatic heterocycles. The molecule has 0 saturated heterocycles. The van der Waals surface area contributed by atoms with E-state index >= 15 is 0 Å². The predicted octanol–water partition coefficient (Wildman–Crippen LogP) is 3.62. The van der Waals surface area contributed by atoms with Gasteiger partial charge >= 0.3 is 6.18 Å². The van der Waals surface area contributed by atoms with Crippen molar-refractivity contribution in [3.8, 4) is 6.07 Å². The summed E-state index contributed by atoms with van der Waals surface area (Å²) in [4.78, 5) is 0. The van der Waals surface area contributed by atoms with Crippen LogP contribution in [0.25, 0.3) is 0 Å². The van der Waals surface area contributed by atoms with E-state index < -0.39 is 12.6 Å². The summed E-state index contributed by atoms with van der Waals surface area (Å²) in [6.07, 6.45) is -4.87. The van der Waals surface area contributed by atoms with Gasteiger partial charge in [0.2, 0.25) is 0 Å². The number of halogens is 3. The van der Waals surface area contributed by atoms with Crippen molar-refractivity contribution in [3.63, 3.8) is 0 Å². The highest BCUT2D eigenvalue weighted by Gasteiger charge is 2.25. The number of nitrogens with zero attached hydrogens (tertiary/aromatic N) is 1. The van der Waals surface area contributed by atoms with Crippen molar-refractivity contribution in [2.24, 2.45) is 0 Å². The number of anilines is 1. The molecule has 0 aromatic heterocycles. The molecule has 1 aromatic rings. The molecule has 5 heteroatoms. The van der Waals surface area contributed by atoms with E-state index in [4.69, 9.17) is 5.26 Å². The van der Waals surface area contributed by atoms with Crippen molar-refractivity contribution in [2.75, 3.05) is 11.9 Å². The van der Waals surface area contributed by atoms with E-state index in [1.54, 1.807) is 18.2 Å². The van der Waals surface area contributed by atoms with Gasteiger partial charge in [-0.25, -0.2) is 0 Å². The van der Waals surface area contributed by atoms with Crippen LogP contribution in [0.5, 0.6) is 0 Å². The SMILES string of the molecule is Cc1ccc(C#N)cc1NCCCC(F)(F)F. The first-order valence-electron chi connectivity index (χ1n) is 5.24. The van der Waals surface area contributed by atoms with Crippen LogP contribution in [0, 0.1) is 18.3 Å². The summed E-state index contributed by atoms with van der Waals surface area (Å²) in [5.74, 6) is 0. The van der Waals surface area contributed by atoms with Gasteiger partial charge in [0.25, 0.3) is 0 Å². The Kier molecular flexibility index (Phi) is 4.38. The fraction of sp³-hybridized carbons (Fsp3) is 0.417. The summed E-state index contributed by atoms with van der Waals surface area (Å²) < 4.78 is 35.7. The average Bonchev–Trinajstić information content (AvgIpc) is 2.25. The van der Waals surface area contributed by atoms with Crippen LogP contribution >= 0.6 is 0 Å². The second-order valence-corrected chi connectivity index (χ2v) is 3.79. The molecule has 17 heavy (non-hydrogen) atoms. The maximum absolute atomic E-state index is 11.9. The first kappa shape index (κ1) is 13.4. The lowest BCUT2D eigenvalue weighted by Gasteiger charge is -2.10. The topological polar surface area (TPSA) is 35.8 Å². The van der Waals surface area contributed by atoms with Gasteiger partial charge in [-0.1, -0.05) is 6.07 Å². The smallest absolute Gasteiger partial charge is 0.385 e. The Hall–Kier alpha value is -1.70. The van der Waals surface area contributed by atoms with Crippen molar-refractivity contribution in [1.82, 2.24) is 0 Å². The number of nitrogens with one attached hydrogen (secondary N) is 1. The summed E-state index contributed by atoms with van der Waals surface area (Å²) in [5.41, 5.74) is 2.12. The fourth-order valence-corrected chi connectivity index (χ4v) is 1.39. The summed E-state index contributed by atoms with van der Waals surface area (Å²) in [7, 11) is 0. The standard InChI is InChI=1S/C12H13F3N2/c1-9-3-4-10(8-16)7-11(9)17-6-2-5-12(13,14)15/h3-4,7,17H,2,5-6H2,1H3. The molecule has 0 spiro atoms. The Labute approximate surface area is 98.1 Å². The van der Waals surface area contributed by atoms with Crippen molar-refractivity contribution in [2.45, 2.75) is 25.9 Å². The van der Waals surface area contributed by atoms with Crippen LogP contribution in [0.2, 0.25) is 0 Å². The highest BCUT2D eigenvalue weighted by atomic mass is 19.4. The maximum Gasteiger partial charge on any atom is 0.389 e. The number of nitriles is 1. The molecule has 0 saturated carbocycles. The molecule has 0 unspecified atom stereocenters. The Morgan fingerprint density at radius 2 is 2.06 bits per heavy atom. The summed E-state index contributed by atoms with van der Waals surface area (Å²) >= 11 is 0. The first-order chi connectivity index (χ1) is 7.92. The number of alkyl halides is 3. The van der Waals surface area contributed by atoms with Gasteiger partial charge in [0.05, 0.1) is 11.6 Å². The van der Waals surface area contributed by atoms with E-state index in [2.05, 4.69) is 5.32 Å². The molecular formula is C12H13F3N2. The van der Waals surface area contributed by atoms with Crippen molar-refractivity contribution < 1.29 is 13.2 Å². The third kappa shape index (κ3) is 4.77. The highest BCUT2D eigenvalue weighted by molar-refractivity contribution is 5.55. The summed E-state index contributed by atoms with van der Waals surface area (Å²) in [6, 6.07) is 7.08. The lowest BCUT2D eigenvalue weighted by Crippen LogP contribution is -2.11. The molecule has 0 heterocycles. The second-order valence-electron chi connectivity index (χ2n) is 3.79. The molecule has 0 radical (unpaired) electrons. The van der Waals surface area contributed by atoms with E-state index in [0.29, 0.717) is 11.3 Å². The number of hydrogen-bond acceptors (Lipinski definition) is 2. The molecule has 0 bridgehead atoms. The average molecular weight is 242 g/mol. The number of benzene rings is 1. The molecular weight excluding hydrogens is 229 g/mol. The summed E-state index contributed by atoms with van der Waals surface area (Å²) in [5, 5.41) is 11.6. The van der Waals surface area contributed by atoms with Crippen LogP contribution in [0.3, 0.4) is 0 Å². The number of aryl methyl sites for hydroxylation is 1. The molecule has 1 N–H and O–H groups in total. The highest BCUT2D eigenvalue weighted by Crippen LogP contribution is 2.22. The van der Waals surface area contributed by atoms with E-state index in [1.807, 2.05) is 13.0 Å². The zero-order valence-electron chi connectivity index (χ0n) is 9.43. The quantitative estimate of drug-likeness (QED) is 0.818. The minimum Gasteiger partial charge on any atom is -0.385 e. The molecule has 2 nitrogen and oxygen atoms in total. The van der Waals surface area contributed by atoms with Gasteiger partial charge in [-0.3, -0.25) is 0 Å². The molecule has 0 amide bonds. The van der Waals surface area contributed by atoms with E-state index in [9.17, 15) is 13.2 Å². The van der Waals surface area contributed by atoms with Crippen LogP contribution in [0.15, 0.2) is 18.2 Å². The van der Waals surface area contributed by atoms with Crippen molar-refractivity contribution >= 4 is 5.69 Å².